The molecule has 118 valence electrons. The van der Waals surface area contributed by atoms with Gasteiger partial charge in [0.05, 0.1) is 0 Å². The van der Waals surface area contributed by atoms with Gasteiger partial charge in [-0.15, -0.1) is 0 Å². The lowest BCUT2D eigenvalue weighted by Gasteiger charge is -2.38. The van der Waals surface area contributed by atoms with Crippen LogP contribution in [0.15, 0.2) is 24.3 Å². The van der Waals surface area contributed by atoms with Crippen molar-refractivity contribution >= 4 is 0 Å². The zero-order valence-electron chi connectivity index (χ0n) is 14.1. The molecule has 2 rings (SSSR count). The summed E-state index contributed by atoms with van der Waals surface area (Å²) in [5, 5.41) is 3.47. The average molecular weight is 289 g/mol. The summed E-state index contributed by atoms with van der Waals surface area (Å²) in [6.45, 7) is 12.4. The molecule has 1 atom stereocenters. The van der Waals surface area contributed by atoms with Crippen molar-refractivity contribution in [3.63, 3.8) is 0 Å². The number of piperazine rings is 1. The number of rotatable bonds is 6. The quantitative estimate of drug-likeness (QED) is 0.867. The lowest BCUT2D eigenvalue weighted by Crippen LogP contribution is -2.49. The van der Waals surface area contributed by atoms with E-state index in [2.05, 4.69) is 67.2 Å². The number of hydrogen-bond acceptors (Lipinski definition) is 3. The average Bonchev–Trinajstić information content (AvgIpc) is 2.43. The Hall–Kier alpha value is -0.900. The molecule has 1 aliphatic heterocycles. The van der Waals surface area contributed by atoms with Crippen molar-refractivity contribution in [3.8, 4) is 0 Å². The van der Waals surface area contributed by atoms with Crippen molar-refractivity contribution in [2.24, 2.45) is 0 Å². The Labute approximate surface area is 130 Å². The van der Waals surface area contributed by atoms with Crippen LogP contribution in [0.2, 0.25) is 0 Å². The van der Waals surface area contributed by atoms with Crippen LogP contribution in [0, 0.1) is 0 Å². The SMILES string of the molecule is CC(C)NCCc1ccc(CN2CCN(C)CC2C)cc1. The van der Waals surface area contributed by atoms with Crippen LogP contribution in [0.5, 0.6) is 0 Å². The van der Waals surface area contributed by atoms with Crippen LogP contribution in [-0.4, -0.2) is 55.1 Å². The molecular formula is C18H31N3. The minimum atomic E-state index is 0.572. The lowest BCUT2D eigenvalue weighted by atomic mass is 10.1. The molecule has 0 bridgehead atoms. The van der Waals surface area contributed by atoms with E-state index in [0.717, 1.165) is 19.5 Å². The number of likely N-dealkylation sites (N-methyl/N-ethyl adjacent to an activating group) is 1. The van der Waals surface area contributed by atoms with E-state index in [-0.39, 0.29) is 0 Å². The molecule has 1 heterocycles. The summed E-state index contributed by atoms with van der Waals surface area (Å²) in [5.74, 6) is 0. The highest BCUT2D eigenvalue weighted by Crippen LogP contribution is 2.14. The van der Waals surface area contributed by atoms with E-state index < -0.39 is 0 Å². The fraction of sp³-hybridized carbons (Fsp3) is 0.667. The summed E-state index contributed by atoms with van der Waals surface area (Å²) in [5.41, 5.74) is 2.87. The Balaban J connectivity index is 1.82. The molecule has 1 aromatic rings. The van der Waals surface area contributed by atoms with E-state index in [1.807, 2.05) is 0 Å². The van der Waals surface area contributed by atoms with Gasteiger partial charge in [0.15, 0.2) is 0 Å². The number of nitrogens with one attached hydrogen (secondary N) is 1. The first-order valence-corrected chi connectivity index (χ1v) is 8.28. The van der Waals surface area contributed by atoms with Crippen LogP contribution in [0.3, 0.4) is 0 Å². The second kappa shape index (κ2) is 7.92. The highest BCUT2D eigenvalue weighted by Gasteiger charge is 2.21. The normalized spacial score (nSPS) is 21.1. The molecule has 1 N–H and O–H groups in total. The molecule has 0 aliphatic carbocycles. The zero-order chi connectivity index (χ0) is 15.2. The van der Waals surface area contributed by atoms with Gasteiger partial charge in [0, 0.05) is 38.3 Å². The molecule has 1 saturated heterocycles. The first-order chi connectivity index (χ1) is 10.0. The van der Waals surface area contributed by atoms with Crippen LogP contribution in [-0.2, 0) is 13.0 Å². The summed E-state index contributed by atoms with van der Waals surface area (Å²) >= 11 is 0. The summed E-state index contributed by atoms with van der Waals surface area (Å²) < 4.78 is 0. The highest BCUT2D eigenvalue weighted by atomic mass is 15.3. The van der Waals surface area contributed by atoms with Gasteiger partial charge in [0.2, 0.25) is 0 Å². The van der Waals surface area contributed by atoms with E-state index in [1.54, 1.807) is 0 Å². The largest absolute Gasteiger partial charge is 0.314 e. The number of benzene rings is 1. The summed E-state index contributed by atoms with van der Waals surface area (Å²) in [7, 11) is 2.22. The Morgan fingerprint density at radius 3 is 2.43 bits per heavy atom. The Morgan fingerprint density at radius 1 is 1.14 bits per heavy atom. The summed E-state index contributed by atoms with van der Waals surface area (Å²) in [6, 6.07) is 10.4. The molecule has 0 aromatic heterocycles. The van der Waals surface area contributed by atoms with Crippen molar-refractivity contribution in [2.75, 3.05) is 33.2 Å². The summed E-state index contributed by atoms with van der Waals surface area (Å²) in [6.07, 6.45) is 1.11. The molecule has 21 heavy (non-hydrogen) atoms. The predicted octanol–water partition coefficient (Wildman–Crippen LogP) is 2.36. The maximum absolute atomic E-state index is 3.47. The van der Waals surface area contributed by atoms with E-state index in [9.17, 15) is 0 Å². The predicted molar refractivity (Wildman–Crippen MR) is 90.7 cm³/mol. The molecule has 0 amide bonds. The molecule has 3 heteroatoms. The molecule has 1 fully saturated rings. The van der Waals surface area contributed by atoms with Gasteiger partial charge in [-0.2, -0.15) is 0 Å². The minimum absolute atomic E-state index is 0.572. The van der Waals surface area contributed by atoms with Gasteiger partial charge in [-0.3, -0.25) is 4.90 Å². The van der Waals surface area contributed by atoms with Gasteiger partial charge >= 0.3 is 0 Å². The van der Waals surface area contributed by atoms with Crippen LogP contribution < -0.4 is 5.32 Å². The van der Waals surface area contributed by atoms with Gasteiger partial charge < -0.3 is 10.2 Å². The Kier molecular flexibility index (Phi) is 6.22. The molecule has 0 saturated carbocycles. The van der Waals surface area contributed by atoms with Crippen molar-refractivity contribution < 1.29 is 0 Å². The third-order valence-electron chi connectivity index (χ3n) is 4.34. The lowest BCUT2D eigenvalue weighted by molar-refractivity contribution is 0.0938. The monoisotopic (exact) mass is 289 g/mol. The van der Waals surface area contributed by atoms with Gasteiger partial charge in [-0.25, -0.2) is 0 Å². The topological polar surface area (TPSA) is 18.5 Å². The molecule has 1 unspecified atom stereocenters. The fourth-order valence-corrected chi connectivity index (χ4v) is 2.96. The summed E-state index contributed by atoms with van der Waals surface area (Å²) in [4.78, 5) is 5.02. The third kappa shape index (κ3) is 5.42. The van der Waals surface area contributed by atoms with Crippen LogP contribution in [0.25, 0.3) is 0 Å². The van der Waals surface area contributed by atoms with Gasteiger partial charge in [0.25, 0.3) is 0 Å². The molecule has 1 aliphatic rings. The first kappa shape index (κ1) is 16.5. The molecule has 1 aromatic carbocycles. The van der Waals surface area contributed by atoms with Crippen molar-refractivity contribution in [1.82, 2.24) is 15.1 Å². The van der Waals surface area contributed by atoms with Gasteiger partial charge in [-0.1, -0.05) is 38.1 Å². The smallest absolute Gasteiger partial charge is 0.0237 e. The first-order valence-electron chi connectivity index (χ1n) is 8.28. The van der Waals surface area contributed by atoms with E-state index >= 15 is 0 Å². The third-order valence-corrected chi connectivity index (χ3v) is 4.34. The Bertz CT molecular complexity index is 413. The molecule has 3 nitrogen and oxygen atoms in total. The van der Waals surface area contributed by atoms with E-state index in [0.29, 0.717) is 12.1 Å². The van der Waals surface area contributed by atoms with Crippen molar-refractivity contribution in [3.05, 3.63) is 35.4 Å². The molecular weight excluding hydrogens is 258 g/mol. The second-order valence-corrected chi connectivity index (χ2v) is 6.76. The minimum Gasteiger partial charge on any atom is -0.314 e. The second-order valence-electron chi connectivity index (χ2n) is 6.76. The van der Waals surface area contributed by atoms with E-state index in [1.165, 1.54) is 30.8 Å². The highest BCUT2D eigenvalue weighted by molar-refractivity contribution is 5.23. The van der Waals surface area contributed by atoms with Crippen LogP contribution in [0.4, 0.5) is 0 Å². The van der Waals surface area contributed by atoms with Crippen molar-refractivity contribution in [2.45, 2.75) is 45.8 Å². The maximum Gasteiger partial charge on any atom is 0.0237 e. The Morgan fingerprint density at radius 2 is 1.81 bits per heavy atom. The van der Waals surface area contributed by atoms with Gasteiger partial charge in [-0.05, 0) is 38.1 Å². The number of nitrogens with zero attached hydrogens (tertiary/aromatic N) is 2. The van der Waals surface area contributed by atoms with E-state index in [4.69, 9.17) is 0 Å². The maximum atomic E-state index is 3.47. The van der Waals surface area contributed by atoms with Crippen molar-refractivity contribution in [1.29, 1.82) is 0 Å². The molecule has 0 radical (unpaired) electrons. The van der Waals surface area contributed by atoms with Gasteiger partial charge in [0.1, 0.15) is 0 Å². The van der Waals surface area contributed by atoms with Crippen LogP contribution >= 0.6 is 0 Å². The standard InChI is InChI=1S/C18H31N3/c1-15(2)19-10-9-17-5-7-18(8-6-17)14-21-12-11-20(4)13-16(21)3/h5-8,15-16,19H,9-14H2,1-4H3. The zero-order valence-corrected chi connectivity index (χ0v) is 14.1. The number of hydrogen-bond donors (Lipinski definition) is 1. The fourth-order valence-electron chi connectivity index (χ4n) is 2.96. The molecule has 0 spiro atoms. The van der Waals surface area contributed by atoms with Crippen LogP contribution in [0.1, 0.15) is 31.9 Å².